The quantitative estimate of drug-likeness (QED) is 0.0636. The van der Waals surface area contributed by atoms with Crippen molar-refractivity contribution < 1.29 is 14.3 Å². The molecule has 0 rings (SSSR count). The Morgan fingerprint density at radius 2 is 0.646 bits per heavy atom. The lowest BCUT2D eigenvalue weighted by atomic mass is 10.0. The zero-order valence-corrected chi connectivity index (χ0v) is 33.7. The molecule has 0 aliphatic rings. The second-order valence-corrected chi connectivity index (χ2v) is 15.9. The van der Waals surface area contributed by atoms with E-state index in [-0.39, 0.29) is 6.03 Å². The van der Waals surface area contributed by atoms with Gasteiger partial charge < -0.3 is 9.64 Å². The molecule has 0 aromatic heterocycles. The number of nitrogens with zero attached hydrogens (tertiary/aromatic N) is 2. The number of imide groups is 1. The van der Waals surface area contributed by atoms with E-state index >= 15 is 0 Å². The number of carbonyl (C=O) groups excluding carboxylic acids is 2. The molecule has 0 bridgehead atoms. The van der Waals surface area contributed by atoms with Crippen LogP contribution in [0.4, 0.5) is 9.59 Å². The fourth-order valence-electron chi connectivity index (χ4n) is 6.63. The van der Waals surface area contributed by atoms with Crippen molar-refractivity contribution in [2.24, 2.45) is 0 Å². The number of urea groups is 1. The lowest BCUT2D eigenvalue weighted by molar-refractivity contribution is 0.0326. The van der Waals surface area contributed by atoms with E-state index in [1.165, 1.54) is 185 Å². The molecular weight excluding hydrogens is 592 g/mol. The van der Waals surface area contributed by atoms with Crippen LogP contribution in [0.1, 0.15) is 240 Å². The van der Waals surface area contributed by atoms with Gasteiger partial charge in [-0.2, -0.15) is 0 Å². The monoisotopic (exact) mass is 679 g/mol. The predicted molar refractivity (Wildman–Crippen MR) is 210 cm³/mol. The first-order valence-corrected chi connectivity index (χ1v) is 21.5. The Labute approximate surface area is 301 Å². The van der Waals surface area contributed by atoms with Crippen molar-refractivity contribution in [2.45, 2.75) is 246 Å². The van der Waals surface area contributed by atoms with Gasteiger partial charge in [-0.25, -0.2) is 14.5 Å². The van der Waals surface area contributed by atoms with Gasteiger partial charge in [-0.05, 0) is 33.6 Å². The Balaban J connectivity index is 4.13. The molecule has 3 amide bonds. The van der Waals surface area contributed by atoms with Gasteiger partial charge in [0.05, 0.1) is 0 Å². The van der Waals surface area contributed by atoms with E-state index in [9.17, 15) is 9.59 Å². The largest absolute Gasteiger partial charge is 0.443 e. The van der Waals surface area contributed by atoms with Crippen LogP contribution in [-0.2, 0) is 4.74 Å². The van der Waals surface area contributed by atoms with E-state index in [0.717, 1.165) is 38.8 Å². The second kappa shape index (κ2) is 34.2. The summed E-state index contributed by atoms with van der Waals surface area (Å²) >= 11 is 0. The van der Waals surface area contributed by atoms with Crippen LogP contribution >= 0.6 is 0 Å². The SMILES string of the molecule is CCCCCCCCCCCCCCCCCCN(CCCCCCCCCCCCCCCCCC)C(=O)N(C)C(=O)OC(C)(C)C. The number of hydrogen-bond acceptors (Lipinski definition) is 3. The van der Waals surface area contributed by atoms with E-state index in [1.807, 2.05) is 25.7 Å². The Bertz CT molecular complexity index is 669. The van der Waals surface area contributed by atoms with Crippen LogP contribution in [0, 0.1) is 0 Å². The van der Waals surface area contributed by atoms with Gasteiger partial charge in [-0.3, -0.25) is 0 Å². The molecule has 0 radical (unpaired) electrons. The first kappa shape index (κ1) is 46.7. The fourth-order valence-corrected chi connectivity index (χ4v) is 6.63. The third kappa shape index (κ3) is 32.0. The maximum atomic E-state index is 13.3. The average Bonchev–Trinajstić information content (AvgIpc) is 3.05. The molecule has 5 heteroatoms. The molecule has 0 aliphatic carbocycles. The molecule has 0 atom stereocenters. The Morgan fingerprint density at radius 1 is 0.417 bits per heavy atom. The summed E-state index contributed by atoms with van der Waals surface area (Å²) in [5, 5.41) is 0. The van der Waals surface area contributed by atoms with E-state index in [0.29, 0.717) is 0 Å². The van der Waals surface area contributed by atoms with Crippen molar-refractivity contribution in [3.63, 3.8) is 0 Å². The molecule has 0 N–H and O–H groups in total. The van der Waals surface area contributed by atoms with Crippen molar-refractivity contribution in [1.82, 2.24) is 9.80 Å². The highest BCUT2D eigenvalue weighted by atomic mass is 16.6. The summed E-state index contributed by atoms with van der Waals surface area (Å²) in [7, 11) is 1.56. The second-order valence-electron chi connectivity index (χ2n) is 15.9. The van der Waals surface area contributed by atoms with Gasteiger partial charge in [-0.1, -0.05) is 206 Å². The van der Waals surface area contributed by atoms with Gasteiger partial charge >= 0.3 is 12.1 Å². The molecule has 0 saturated heterocycles. The van der Waals surface area contributed by atoms with E-state index in [2.05, 4.69) is 13.8 Å². The number of ether oxygens (including phenoxy) is 1. The topological polar surface area (TPSA) is 49.9 Å². The maximum absolute atomic E-state index is 13.3. The number of amides is 3. The number of carbonyl (C=O) groups is 2. The predicted octanol–water partition coefficient (Wildman–Crippen LogP) is 14.8. The molecule has 0 saturated carbocycles. The lowest BCUT2D eigenvalue weighted by Crippen LogP contribution is -2.46. The van der Waals surface area contributed by atoms with Crippen LogP contribution in [0.5, 0.6) is 0 Å². The summed E-state index contributed by atoms with van der Waals surface area (Å²) < 4.78 is 5.48. The van der Waals surface area contributed by atoms with Crippen LogP contribution in [0.15, 0.2) is 0 Å². The minimum Gasteiger partial charge on any atom is -0.443 e. The summed E-state index contributed by atoms with van der Waals surface area (Å²) in [5.41, 5.74) is -0.613. The Hall–Kier alpha value is -1.26. The Morgan fingerprint density at radius 3 is 0.875 bits per heavy atom. The minimum absolute atomic E-state index is 0.217. The highest BCUT2D eigenvalue weighted by Gasteiger charge is 2.27. The third-order valence-electron chi connectivity index (χ3n) is 9.79. The van der Waals surface area contributed by atoms with Gasteiger partial charge in [0, 0.05) is 20.1 Å². The third-order valence-corrected chi connectivity index (χ3v) is 9.79. The van der Waals surface area contributed by atoms with E-state index < -0.39 is 11.7 Å². The normalized spacial score (nSPS) is 11.6. The average molecular weight is 679 g/mol. The number of hydrogen-bond donors (Lipinski definition) is 0. The summed E-state index contributed by atoms with van der Waals surface area (Å²) in [6, 6.07) is -0.217. The molecule has 0 aliphatic heterocycles. The van der Waals surface area contributed by atoms with Gasteiger partial charge in [0.1, 0.15) is 5.60 Å². The molecule has 5 nitrogen and oxygen atoms in total. The van der Waals surface area contributed by atoms with Gasteiger partial charge in [0.25, 0.3) is 0 Å². The molecular formula is C43H86N2O3. The highest BCUT2D eigenvalue weighted by Crippen LogP contribution is 2.17. The smallest absolute Gasteiger partial charge is 0.418 e. The molecule has 0 fully saturated rings. The zero-order valence-electron chi connectivity index (χ0n) is 33.7. The molecule has 0 aromatic rings. The summed E-state index contributed by atoms with van der Waals surface area (Å²) in [4.78, 5) is 29.0. The minimum atomic E-state index is -0.613. The first-order valence-electron chi connectivity index (χ1n) is 21.5. The molecule has 0 aromatic carbocycles. The van der Waals surface area contributed by atoms with Crippen molar-refractivity contribution in [3.05, 3.63) is 0 Å². The van der Waals surface area contributed by atoms with E-state index in [1.54, 1.807) is 7.05 Å². The summed E-state index contributed by atoms with van der Waals surface area (Å²) in [6.07, 6.45) is 42.3. The van der Waals surface area contributed by atoms with Gasteiger partial charge in [0.15, 0.2) is 0 Å². The van der Waals surface area contributed by atoms with Crippen LogP contribution in [-0.4, -0.2) is 47.7 Å². The molecule has 286 valence electrons. The Kier molecular flexibility index (Phi) is 33.3. The lowest BCUT2D eigenvalue weighted by Gasteiger charge is -2.29. The van der Waals surface area contributed by atoms with Crippen LogP contribution in [0.25, 0.3) is 0 Å². The summed E-state index contributed by atoms with van der Waals surface area (Å²) in [5.74, 6) is 0. The standard InChI is InChI=1S/C43H86N2O3/c1-7-9-11-13-15-17-19-21-23-25-27-29-31-33-35-37-39-45(41(46)44(6)42(47)48-43(3,4)5)40-38-36-34-32-30-28-26-24-22-20-18-16-14-12-10-8-2/h7-40H2,1-6H3. The molecule has 48 heavy (non-hydrogen) atoms. The zero-order chi connectivity index (χ0) is 35.6. The highest BCUT2D eigenvalue weighted by molar-refractivity contribution is 5.90. The van der Waals surface area contributed by atoms with Crippen molar-refractivity contribution in [3.8, 4) is 0 Å². The van der Waals surface area contributed by atoms with Crippen LogP contribution < -0.4 is 0 Å². The fraction of sp³-hybridized carbons (Fsp3) is 0.953. The van der Waals surface area contributed by atoms with Crippen molar-refractivity contribution >= 4 is 12.1 Å². The van der Waals surface area contributed by atoms with Gasteiger partial charge in [-0.15, -0.1) is 0 Å². The first-order chi connectivity index (χ1) is 23.2. The number of rotatable bonds is 34. The van der Waals surface area contributed by atoms with Crippen molar-refractivity contribution in [2.75, 3.05) is 20.1 Å². The maximum Gasteiger partial charge on any atom is 0.418 e. The molecule has 0 spiro atoms. The van der Waals surface area contributed by atoms with Gasteiger partial charge in [0.2, 0.25) is 0 Å². The molecule has 0 heterocycles. The summed E-state index contributed by atoms with van der Waals surface area (Å²) in [6.45, 7) is 11.5. The van der Waals surface area contributed by atoms with E-state index in [4.69, 9.17) is 4.74 Å². The van der Waals surface area contributed by atoms with Crippen molar-refractivity contribution in [1.29, 1.82) is 0 Å². The number of unbranched alkanes of at least 4 members (excludes halogenated alkanes) is 30. The molecule has 0 unspecified atom stereocenters. The van der Waals surface area contributed by atoms with Crippen LogP contribution in [0.3, 0.4) is 0 Å². The van der Waals surface area contributed by atoms with Crippen LogP contribution in [0.2, 0.25) is 0 Å².